The number of thiophene rings is 1. The van der Waals surface area contributed by atoms with Gasteiger partial charge in [-0.25, -0.2) is 12.7 Å². The zero-order valence-electron chi connectivity index (χ0n) is 12.7. The molecule has 0 N–H and O–H groups in total. The van der Waals surface area contributed by atoms with Gasteiger partial charge in [0, 0.05) is 19.0 Å². The number of nitrogens with zero attached hydrogens (tertiary/aromatic N) is 1. The molecular weight excluding hydrogens is 330 g/mol. The van der Waals surface area contributed by atoms with Gasteiger partial charge in [-0.05, 0) is 29.9 Å². The number of hydrogen-bond donors (Lipinski definition) is 0. The highest BCUT2D eigenvalue weighted by molar-refractivity contribution is 7.88. The molecule has 2 aromatic rings. The Kier molecular flexibility index (Phi) is 4.94. The van der Waals surface area contributed by atoms with Gasteiger partial charge in [-0.3, -0.25) is 4.79 Å². The Morgan fingerprint density at radius 3 is 2.39 bits per heavy atom. The van der Waals surface area contributed by atoms with Crippen molar-refractivity contribution >= 4 is 27.1 Å². The summed E-state index contributed by atoms with van der Waals surface area (Å²) < 4.78 is 26.5. The van der Waals surface area contributed by atoms with E-state index >= 15 is 0 Å². The molecule has 23 heavy (non-hydrogen) atoms. The minimum Gasteiger partial charge on any atom is -0.293 e. The first-order valence-electron chi connectivity index (χ1n) is 7.66. The molecule has 1 aliphatic heterocycles. The number of rotatable bonds is 5. The Hall–Kier alpha value is -1.50. The number of carbonyl (C=O) groups is 1. The van der Waals surface area contributed by atoms with E-state index in [1.807, 2.05) is 47.8 Å². The van der Waals surface area contributed by atoms with Crippen LogP contribution in [-0.2, 0) is 15.8 Å². The molecule has 0 radical (unpaired) electrons. The van der Waals surface area contributed by atoms with Crippen molar-refractivity contribution in [2.75, 3.05) is 13.1 Å². The zero-order chi connectivity index (χ0) is 16.3. The number of Topliss-reactive ketones (excluding diaryl/α,β-unsaturated/α-hetero) is 1. The molecule has 2 heterocycles. The molecule has 1 fully saturated rings. The Morgan fingerprint density at radius 1 is 1.09 bits per heavy atom. The lowest BCUT2D eigenvalue weighted by atomic mass is 9.93. The fourth-order valence-electron chi connectivity index (χ4n) is 2.89. The summed E-state index contributed by atoms with van der Waals surface area (Å²) in [6.07, 6.45) is 1.20. The van der Waals surface area contributed by atoms with Crippen LogP contribution in [-0.4, -0.2) is 31.6 Å². The van der Waals surface area contributed by atoms with E-state index in [0.717, 1.165) is 10.4 Å². The van der Waals surface area contributed by atoms with Crippen LogP contribution >= 0.6 is 11.3 Å². The lowest BCUT2D eigenvalue weighted by Crippen LogP contribution is -2.40. The fourth-order valence-corrected chi connectivity index (χ4v) is 5.20. The van der Waals surface area contributed by atoms with Crippen molar-refractivity contribution in [2.45, 2.75) is 18.6 Å². The third kappa shape index (κ3) is 3.88. The monoisotopic (exact) mass is 349 g/mol. The number of benzene rings is 1. The normalized spacial score (nSPS) is 17.2. The summed E-state index contributed by atoms with van der Waals surface area (Å²) in [4.78, 5) is 13.1. The fraction of sp³-hybridized carbons (Fsp3) is 0.353. The second-order valence-corrected chi connectivity index (χ2v) is 8.67. The van der Waals surface area contributed by atoms with Gasteiger partial charge in [-0.2, -0.15) is 0 Å². The van der Waals surface area contributed by atoms with Gasteiger partial charge in [-0.1, -0.05) is 36.4 Å². The summed E-state index contributed by atoms with van der Waals surface area (Å²) in [5.41, 5.74) is 0.796. The molecule has 0 saturated carbocycles. The first-order chi connectivity index (χ1) is 11.1. The molecular formula is C17H19NO3S2. The molecule has 4 nitrogen and oxygen atoms in total. The van der Waals surface area contributed by atoms with Crippen LogP contribution in [0.5, 0.6) is 0 Å². The third-order valence-corrected chi connectivity index (χ3v) is 6.91. The quantitative estimate of drug-likeness (QED) is 0.779. The number of hydrogen-bond acceptors (Lipinski definition) is 4. The molecule has 3 rings (SSSR count). The van der Waals surface area contributed by atoms with Crippen LogP contribution in [0.4, 0.5) is 0 Å². The molecule has 6 heteroatoms. The number of piperidine rings is 1. The summed E-state index contributed by atoms with van der Waals surface area (Å²) in [5.74, 6) is 0.120. The molecule has 0 spiro atoms. The van der Waals surface area contributed by atoms with E-state index in [2.05, 4.69) is 0 Å². The molecule has 0 aliphatic carbocycles. The zero-order valence-corrected chi connectivity index (χ0v) is 14.4. The van der Waals surface area contributed by atoms with Crippen molar-refractivity contribution in [3.05, 3.63) is 58.3 Å². The Labute approximate surface area is 140 Å². The number of carbonyl (C=O) groups excluding carboxylic acids is 1. The first kappa shape index (κ1) is 16.4. The summed E-state index contributed by atoms with van der Waals surface area (Å²) in [7, 11) is -3.31. The van der Waals surface area contributed by atoms with Crippen molar-refractivity contribution < 1.29 is 13.2 Å². The first-order valence-corrected chi connectivity index (χ1v) is 10.1. The lowest BCUT2D eigenvalue weighted by molar-refractivity contribution is 0.0879. The summed E-state index contributed by atoms with van der Waals surface area (Å²) >= 11 is 1.45. The molecule has 122 valence electrons. The van der Waals surface area contributed by atoms with Gasteiger partial charge in [0.05, 0.1) is 10.6 Å². The largest absolute Gasteiger partial charge is 0.293 e. The summed E-state index contributed by atoms with van der Waals surface area (Å²) in [6, 6.07) is 12.9. The van der Waals surface area contributed by atoms with Gasteiger partial charge in [0.25, 0.3) is 0 Å². The van der Waals surface area contributed by atoms with Crippen LogP contribution < -0.4 is 0 Å². The van der Waals surface area contributed by atoms with E-state index < -0.39 is 10.0 Å². The van der Waals surface area contributed by atoms with Gasteiger partial charge in [-0.15, -0.1) is 11.3 Å². The average molecular weight is 349 g/mol. The molecule has 0 unspecified atom stereocenters. The average Bonchev–Trinajstić information content (AvgIpc) is 3.09. The second kappa shape index (κ2) is 6.95. The molecule has 0 atom stereocenters. The SMILES string of the molecule is O=C(c1cccs1)C1CCN(S(=O)(=O)Cc2ccccc2)CC1. The second-order valence-electron chi connectivity index (χ2n) is 5.76. The maximum Gasteiger partial charge on any atom is 0.218 e. The predicted octanol–water partition coefficient (Wildman–Crippen LogP) is 3.17. The van der Waals surface area contributed by atoms with Crippen LogP contribution in [0, 0.1) is 5.92 Å². The van der Waals surface area contributed by atoms with Crippen LogP contribution in [0.15, 0.2) is 47.8 Å². The highest BCUT2D eigenvalue weighted by atomic mass is 32.2. The molecule has 1 saturated heterocycles. The van der Waals surface area contributed by atoms with E-state index in [-0.39, 0.29) is 17.5 Å². The smallest absolute Gasteiger partial charge is 0.218 e. The molecule has 1 aromatic carbocycles. The van der Waals surface area contributed by atoms with Gasteiger partial charge < -0.3 is 0 Å². The van der Waals surface area contributed by atoms with E-state index in [0.29, 0.717) is 25.9 Å². The van der Waals surface area contributed by atoms with Gasteiger partial charge in [0.2, 0.25) is 10.0 Å². The molecule has 0 amide bonds. The van der Waals surface area contributed by atoms with Crippen LogP contribution in [0.3, 0.4) is 0 Å². The Morgan fingerprint density at radius 2 is 1.78 bits per heavy atom. The number of sulfonamides is 1. The number of ketones is 1. The lowest BCUT2D eigenvalue weighted by Gasteiger charge is -2.30. The van der Waals surface area contributed by atoms with Crippen molar-refractivity contribution in [3.63, 3.8) is 0 Å². The van der Waals surface area contributed by atoms with Crippen molar-refractivity contribution in [1.29, 1.82) is 0 Å². The molecule has 1 aliphatic rings. The predicted molar refractivity (Wildman–Crippen MR) is 92.0 cm³/mol. The third-order valence-electron chi connectivity index (χ3n) is 4.17. The topological polar surface area (TPSA) is 54.5 Å². The van der Waals surface area contributed by atoms with E-state index in [9.17, 15) is 13.2 Å². The van der Waals surface area contributed by atoms with Crippen LogP contribution in [0.1, 0.15) is 28.1 Å². The van der Waals surface area contributed by atoms with Gasteiger partial charge in [0.1, 0.15) is 0 Å². The van der Waals surface area contributed by atoms with Gasteiger partial charge >= 0.3 is 0 Å². The minimum absolute atomic E-state index is 0.0252. The van der Waals surface area contributed by atoms with Crippen molar-refractivity contribution in [3.8, 4) is 0 Å². The molecule has 1 aromatic heterocycles. The van der Waals surface area contributed by atoms with Crippen molar-refractivity contribution in [1.82, 2.24) is 4.31 Å². The van der Waals surface area contributed by atoms with Gasteiger partial charge in [0.15, 0.2) is 5.78 Å². The van der Waals surface area contributed by atoms with Crippen molar-refractivity contribution in [2.24, 2.45) is 5.92 Å². The van der Waals surface area contributed by atoms with E-state index in [4.69, 9.17) is 0 Å². The van der Waals surface area contributed by atoms with Crippen LogP contribution in [0.2, 0.25) is 0 Å². The highest BCUT2D eigenvalue weighted by Gasteiger charge is 2.31. The van der Waals surface area contributed by atoms with E-state index in [1.54, 1.807) is 0 Å². The standard InChI is InChI=1S/C17H19NO3S2/c19-17(16-7-4-12-22-16)15-8-10-18(11-9-15)23(20,21)13-14-5-2-1-3-6-14/h1-7,12,15H,8-11,13H2. The van der Waals surface area contributed by atoms with Crippen LogP contribution in [0.25, 0.3) is 0 Å². The minimum atomic E-state index is -3.31. The highest BCUT2D eigenvalue weighted by Crippen LogP contribution is 2.26. The molecule has 0 bridgehead atoms. The van der Waals surface area contributed by atoms with E-state index in [1.165, 1.54) is 15.6 Å². The maximum absolute atomic E-state index is 12.5. The Balaban J connectivity index is 1.61. The Bertz CT molecular complexity index is 746. The summed E-state index contributed by atoms with van der Waals surface area (Å²) in [5, 5.41) is 1.90. The maximum atomic E-state index is 12.5. The summed E-state index contributed by atoms with van der Waals surface area (Å²) in [6.45, 7) is 0.855.